The average Bonchev–Trinajstić information content (AvgIpc) is 2.79. The highest BCUT2D eigenvalue weighted by Crippen LogP contribution is 2.12. The Morgan fingerprint density at radius 2 is 2.33 bits per heavy atom. The third-order valence-corrected chi connectivity index (χ3v) is 2.92. The molecule has 0 spiro atoms. The van der Waals surface area contributed by atoms with Gasteiger partial charge in [-0.25, -0.2) is 0 Å². The Bertz CT molecular complexity index is 378. The molecule has 0 bridgehead atoms. The highest BCUT2D eigenvalue weighted by molar-refractivity contribution is 5.75. The summed E-state index contributed by atoms with van der Waals surface area (Å²) in [5, 5.41) is 11.1. The standard InChI is InChI=1S/C12H22N4O2/c1-5-6-7-10(12(17)18-4)14-9(2)11-15-13-8-16(11)3/h8-10,14H,5-7H2,1-4H3. The van der Waals surface area contributed by atoms with Gasteiger partial charge in [0, 0.05) is 7.05 Å². The quantitative estimate of drug-likeness (QED) is 0.740. The number of nitrogens with zero attached hydrogens (tertiary/aromatic N) is 3. The van der Waals surface area contributed by atoms with Gasteiger partial charge in [-0.1, -0.05) is 19.8 Å². The highest BCUT2D eigenvalue weighted by atomic mass is 16.5. The maximum Gasteiger partial charge on any atom is 0.322 e. The van der Waals surface area contributed by atoms with Crippen molar-refractivity contribution < 1.29 is 9.53 Å². The van der Waals surface area contributed by atoms with E-state index in [1.54, 1.807) is 6.33 Å². The summed E-state index contributed by atoms with van der Waals surface area (Å²) in [4.78, 5) is 11.7. The number of unbranched alkanes of at least 4 members (excludes halogenated alkanes) is 1. The fraction of sp³-hybridized carbons (Fsp3) is 0.750. The number of carbonyl (C=O) groups excluding carboxylic acids is 1. The van der Waals surface area contributed by atoms with E-state index in [0.717, 1.165) is 25.1 Å². The first kappa shape index (κ1) is 14.6. The second-order valence-electron chi connectivity index (χ2n) is 4.41. The number of hydrogen-bond acceptors (Lipinski definition) is 5. The molecule has 1 aromatic heterocycles. The summed E-state index contributed by atoms with van der Waals surface area (Å²) in [5.74, 6) is 0.581. The van der Waals surface area contributed by atoms with Gasteiger partial charge in [-0.15, -0.1) is 10.2 Å². The molecule has 0 aliphatic carbocycles. The van der Waals surface area contributed by atoms with Gasteiger partial charge in [-0.05, 0) is 13.3 Å². The smallest absolute Gasteiger partial charge is 0.322 e. The fourth-order valence-corrected chi connectivity index (χ4v) is 1.88. The molecule has 1 heterocycles. The second kappa shape index (κ2) is 7.10. The predicted molar refractivity (Wildman–Crippen MR) is 67.9 cm³/mol. The van der Waals surface area contributed by atoms with Crippen LogP contribution in [0.25, 0.3) is 0 Å². The fourth-order valence-electron chi connectivity index (χ4n) is 1.88. The maximum absolute atomic E-state index is 11.7. The number of esters is 1. The molecule has 0 aromatic carbocycles. The summed E-state index contributed by atoms with van der Waals surface area (Å²) < 4.78 is 6.65. The largest absolute Gasteiger partial charge is 0.468 e. The Morgan fingerprint density at radius 3 is 2.83 bits per heavy atom. The van der Waals surface area contributed by atoms with Crippen molar-refractivity contribution in [3.05, 3.63) is 12.2 Å². The minimum atomic E-state index is -0.290. The van der Waals surface area contributed by atoms with Crippen LogP contribution in [0.4, 0.5) is 0 Å². The number of nitrogens with one attached hydrogen (secondary N) is 1. The number of methoxy groups -OCH3 is 1. The lowest BCUT2D eigenvalue weighted by Gasteiger charge is -2.20. The van der Waals surface area contributed by atoms with Gasteiger partial charge in [-0.3, -0.25) is 10.1 Å². The molecule has 2 unspecified atom stereocenters. The van der Waals surface area contributed by atoms with Gasteiger partial charge in [0.2, 0.25) is 0 Å². The predicted octanol–water partition coefficient (Wildman–Crippen LogP) is 1.20. The van der Waals surface area contributed by atoms with E-state index in [0.29, 0.717) is 0 Å². The van der Waals surface area contributed by atoms with Crippen LogP contribution >= 0.6 is 0 Å². The van der Waals surface area contributed by atoms with Crippen molar-refractivity contribution in [3.8, 4) is 0 Å². The number of rotatable bonds is 7. The number of aryl methyl sites for hydroxylation is 1. The minimum absolute atomic E-state index is 0.0431. The van der Waals surface area contributed by atoms with E-state index in [1.165, 1.54) is 7.11 Å². The van der Waals surface area contributed by atoms with Crippen LogP contribution in [0, 0.1) is 0 Å². The van der Waals surface area contributed by atoms with E-state index < -0.39 is 0 Å². The lowest BCUT2D eigenvalue weighted by molar-refractivity contribution is -0.143. The highest BCUT2D eigenvalue weighted by Gasteiger charge is 2.22. The monoisotopic (exact) mass is 254 g/mol. The molecule has 0 aliphatic heterocycles. The maximum atomic E-state index is 11.7. The van der Waals surface area contributed by atoms with Crippen LogP contribution in [0.3, 0.4) is 0 Å². The third kappa shape index (κ3) is 3.80. The Kier molecular flexibility index (Phi) is 5.77. The van der Waals surface area contributed by atoms with Crippen LogP contribution < -0.4 is 5.32 Å². The lowest BCUT2D eigenvalue weighted by atomic mass is 10.1. The van der Waals surface area contributed by atoms with Crippen LogP contribution in [0.5, 0.6) is 0 Å². The van der Waals surface area contributed by atoms with Gasteiger partial charge in [0.25, 0.3) is 0 Å². The Labute approximate surface area is 108 Å². The molecule has 0 saturated heterocycles. The molecule has 1 rings (SSSR count). The molecule has 18 heavy (non-hydrogen) atoms. The van der Waals surface area contributed by atoms with Crippen LogP contribution in [0.2, 0.25) is 0 Å². The molecule has 0 saturated carbocycles. The van der Waals surface area contributed by atoms with E-state index >= 15 is 0 Å². The molecule has 1 aromatic rings. The van der Waals surface area contributed by atoms with Gasteiger partial charge in [-0.2, -0.15) is 0 Å². The molecule has 1 N–H and O–H groups in total. The number of ether oxygens (including phenoxy) is 1. The lowest BCUT2D eigenvalue weighted by Crippen LogP contribution is -2.39. The van der Waals surface area contributed by atoms with Crippen LogP contribution in [-0.4, -0.2) is 33.9 Å². The van der Waals surface area contributed by atoms with Crippen LogP contribution in [-0.2, 0) is 16.6 Å². The molecule has 6 heteroatoms. The van der Waals surface area contributed by atoms with Crippen molar-refractivity contribution in [2.75, 3.05) is 7.11 Å². The Morgan fingerprint density at radius 1 is 1.61 bits per heavy atom. The van der Waals surface area contributed by atoms with Gasteiger partial charge >= 0.3 is 5.97 Å². The minimum Gasteiger partial charge on any atom is -0.468 e. The number of carbonyl (C=O) groups is 1. The van der Waals surface area contributed by atoms with Crippen LogP contribution in [0.1, 0.15) is 45.0 Å². The summed E-state index contributed by atoms with van der Waals surface area (Å²) in [6.07, 6.45) is 4.45. The second-order valence-corrected chi connectivity index (χ2v) is 4.41. The van der Waals surface area contributed by atoms with Gasteiger partial charge in [0.05, 0.1) is 13.2 Å². The van der Waals surface area contributed by atoms with Gasteiger partial charge in [0.15, 0.2) is 0 Å². The molecule has 2 atom stereocenters. The normalized spacial score (nSPS) is 14.2. The van der Waals surface area contributed by atoms with Crippen molar-refractivity contribution in [3.63, 3.8) is 0 Å². The van der Waals surface area contributed by atoms with E-state index in [2.05, 4.69) is 22.4 Å². The summed E-state index contributed by atoms with van der Waals surface area (Å²) >= 11 is 0. The average molecular weight is 254 g/mol. The summed E-state index contributed by atoms with van der Waals surface area (Å²) in [6, 6.07) is -0.333. The molecule has 0 aliphatic rings. The van der Waals surface area contributed by atoms with Gasteiger partial charge in [0.1, 0.15) is 18.2 Å². The molecule has 0 fully saturated rings. The third-order valence-electron chi connectivity index (χ3n) is 2.92. The van der Waals surface area contributed by atoms with E-state index in [9.17, 15) is 4.79 Å². The number of aromatic nitrogens is 3. The molecule has 0 radical (unpaired) electrons. The molecule has 0 amide bonds. The molecule has 6 nitrogen and oxygen atoms in total. The van der Waals surface area contributed by atoms with Crippen molar-refractivity contribution in [1.29, 1.82) is 0 Å². The van der Waals surface area contributed by atoms with E-state index in [-0.39, 0.29) is 18.1 Å². The zero-order valence-electron chi connectivity index (χ0n) is 11.5. The first-order valence-electron chi connectivity index (χ1n) is 6.27. The summed E-state index contributed by atoms with van der Waals surface area (Å²) in [5.41, 5.74) is 0. The first-order chi connectivity index (χ1) is 8.60. The Hall–Kier alpha value is -1.43. The summed E-state index contributed by atoms with van der Waals surface area (Å²) in [7, 11) is 3.29. The van der Waals surface area contributed by atoms with Crippen molar-refractivity contribution in [1.82, 2.24) is 20.1 Å². The van der Waals surface area contributed by atoms with Crippen molar-refractivity contribution in [2.24, 2.45) is 7.05 Å². The zero-order valence-corrected chi connectivity index (χ0v) is 11.5. The molecular weight excluding hydrogens is 232 g/mol. The van der Waals surface area contributed by atoms with Crippen molar-refractivity contribution in [2.45, 2.75) is 45.2 Å². The first-order valence-corrected chi connectivity index (χ1v) is 6.27. The van der Waals surface area contributed by atoms with Gasteiger partial charge < -0.3 is 9.30 Å². The Balaban J connectivity index is 2.65. The van der Waals surface area contributed by atoms with E-state index in [1.807, 2.05) is 18.5 Å². The topological polar surface area (TPSA) is 69.0 Å². The molecular formula is C12H22N4O2. The SMILES string of the molecule is CCCCC(NC(C)c1nncn1C)C(=O)OC. The summed E-state index contributed by atoms with van der Waals surface area (Å²) in [6.45, 7) is 4.06. The van der Waals surface area contributed by atoms with Crippen LogP contribution in [0.15, 0.2) is 6.33 Å². The zero-order chi connectivity index (χ0) is 13.5. The van der Waals surface area contributed by atoms with E-state index in [4.69, 9.17) is 4.74 Å². The number of hydrogen-bond donors (Lipinski definition) is 1. The molecule has 102 valence electrons. The van der Waals surface area contributed by atoms with Crippen molar-refractivity contribution >= 4 is 5.97 Å².